The fourth-order valence-electron chi connectivity index (χ4n) is 0.543. The zero-order chi connectivity index (χ0) is 9.40. The van der Waals surface area contributed by atoms with E-state index in [1.807, 2.05) is 31.4 Å². The minimum Gasteiger partial charge on any atom is -0.365 e. The van der Waals surface area contributed by atoms with Crippen molar-refractivity contribution in [2.24, 2.45) is 0 Å². The molecular formula is C11H17N. The minimum absolute atomic E-state index is 0.953. The summed E-state index contributed by atoms with van der Waals surface area (Å²) in [5, 5.41) is 3.05. The number of allylic oxidation sites excluding steroid dienone is 5. The maximum atomic E-state index is 3.80. The van der Waals surface area contributed by atoms with Crippen LogP contribution in [0.15, 0.2) is 48.9 Å². The summed E-state index contributed by atoms with van der Waals surface area (Å²) >= 11 is 0. The van der Waals surface area contributed by atoms with Gasteiger partial charge in [0, 0.05) is 11.9 Å². The van der Waals surface area contributed by atoms with Crippen molar-refractivity contribution in [2.75, 3.05) is 0 Å². The molecule has 0 aliphatic rings. The summed E-state index contributed by atoms with van der Waals surface area (Å²) in [5.41, 5.74) is 2.07. The van der Waals surface area contributed by atoms with E-state index in [4.69, 9.17) is 0 Å². The van der Waals surface area contributed by atoms with Gasteiger partial charge in [-0.05, 0) is 19.4 Å². The van der Waals surface area contributed by atoms with Gasteiger partial charge in [-0.15, -0.1) is 0 Å². The van der Waals surface area contributed by atoms with Crippen molar-refractivity contribution >= 4 is 0 Å². The highest BCUT2D eigenvalue weighted by Gasteiger charge is 1.79. The number of hydrogen-bond donors (Lipinski definition) is 1. The maximum Gasteiger partial charge on any atom is 0.00706 e. The quantitative estimate of drug-likeness (QED) is 0.614. The first kappa shape index (κ1) is 10.8. The molecule has 0 bridgehead atoms. The van der Waals surface area contributed by atoms with Crippen LogP contribution in [0.2, 0.25) is 0 Å². The van der Waals surface area contributed by atoms with E-state index in [0.717, 1.165) is 17.7 Å². The highest BCUT2D eigenvalue weighted by molar-refractivity contribution is 5.17. The Bertz CT molecular complexity index is 209. The van der Waals surface area contributed by atoms with E-state index in [1.165, 1.54) is 0 Å². The lowest BCUT2D eigenvalue weighted by Crippen LogP contribution is -2.00. The van der Waals surface area contributed by atoms with Crippen molar-refractivity contribution in [2.45, 2.75) is 20.3 Å². The Morgan fingerprint density at radius 3 is 2.50 bits per heavy atom. The van der Waals surface area contributed by atoms with E-state index in [1.54, 1.807) is 0 Å². The minimum atomic E-state index is 0.953. The Morgan fingerprint density at radius 1 is 1.33 bits per heavy atom. The van der Waals surface area contributed by atoms with E-state index < -0.39 is 0 Å². The largest absolute Gasteiger partial charge is 0.365 e. The first-order valence-corrected chi connectivity index (χ1v) is 4.10. The van der Waals surface area contributed by atoms with Gasteiger partial charge < -0.3 is 5.32 Å². The molecule has 0 saturated heterocycles. The van der Waals surface area contributed by atoms with Crippen LogP contribution in [0, 0.1) is 0 Å². The van der Waals surface area contributed by atoms with Gasteiger partial charge in [0.1, 0.15) is 0 Å². The molecule has 0 aromatic rings. The zero-order valence-electron chi connectivity index (χ0n) is 7.93. The fraction of sp³-hybridized carbons (Fsp3) is 0.273. The Balaban J connectivity index is 3.63. The van der Waals surface area contributed by atoms with Crippen molar-refractivity contribution in [3.63, 3.8) is 0 Å². The van der Waals surface area contributed by atoms with Gasteiger partial charge in [0.15, 0.2) is 0 Å². The molecule has 0 unspecified atom stereocenters. The molecule has 12 heavy (non-hydrogen) atoms. The van der Waals surface area contributed by atoms with Gasteiger partial charge in [-0.2, -0.15) is 0 Å². The molecule has 1 nitrogen and oxygen atoms in total. The highest BCUT2D eigenvalue weighted by atomic mass is 14.8. The first-order valence-electron chi connectivity index (χ1n) is 4.10. The monoisotopic (exact) mass is 163 g/mol. The topological polar surface area (TPSA) is 12.0 Å². The van der Waals surface area contributed by atoms with E-state index in [0.29, 0.717) is 0 Å². The Hall–Kier alpha value is -1.24. The summed E-state index contributed by atoms with van der Waals surface area (Å²) in [5.74, 6) is 0. The lowest BCUT2D eigenvalue weighted by molar-refractivity contribution is 0.952. The molecular weight excluding hydrogens is 146 g/mol. The number of rotatable bonds is 5. The third-order valence-electron chi connectivity index (χ3n) is 1.30. The summed E-state index contributed by atoms with van der Waals surface area (Å²) in [4.78, 5) is 0. The maximum absolute atomic E-state index is 3.80. The van der Waals surface area contributed by atoms with Crippen LogP contribution in [-0.2, 0) is 0 Å². The molecule has 66 valence electrons. The van der Waals surface area contributed by atoms with Crippen LogP contribution >= 0.6 is 0 Å². The molecule has 0 heterocycles. The molecule has 1 N–H and O–H groups in total. The van der Waals surface area contributed by atoms with Gasteiger partial charge >= 0.3 is 0 Å². The predicted molar refractivity (Wildman–Crippen MR) is 55.7 cm³/mol. The van der Waals surface area contributed by atoms with Crippen LogP contribution in [0.4, 0.5) is 0 Å². The lowest BCUT2D eigenvalue weighted by Gasteiger charge is -1.98. The van der Waals surface area contributed by atoms with Crippen LogP contribution < -0.4 is 5.32 Å². The Kier molecular flexibility index (Phi) is 5.80. The zero-order valence-corrected chi connectivity index (χ0v) is 7.93. The average molecular weight is 163 g/mol. The summed E-state index contributed by atoms with van der Waals surface area (Å²) in [6, 6.07) is 0. The second-order valence-corrected chi connectivity index (χ2v) is 2.67. The van der Waals surface area contributed by atoms with Crippen LogP contribution in [0.3, 0.4) is 0 Å². The SMILES string of the molecule is C=C(C)/C=C\C=C\NC(=C)CC. The third kappa shape index (κ3) is 6.87. The van der Waals surface area contributed by atoms with Crippen LogP contribution in [-0.4, -0.2) is 0 Å². The van der Waals surface area contributed by atoms with E-state index in [2.05, 4.69) is 25.4 Å². The van der Waals surface area contributed by atoms with E-state index in [9.17, 15) is 0 Å². The molecule has 0 aliphatic carbocycles. The molecule has 0 saturated carbocycles. The van der Waals surface area contributed by atoms with Gasteiger partial charge in [-0.1, -0.05) is 37.8 Å². The van der Waals surface area contributed by atoms with Gasteiger partial charge in [0.05, 0.1) is 0 Å². The van der Waals surface area contributed by atoms with Crippen molar-refractivity contribution in [1.29, 1.82) is 0 Å². The Labute approximate surface area is 75.2 Å². The highest BCUT2D eigenvalue weighted by Crippen LogP contribution is 1.91. The second-order valence-electron chi connectivity index (χ2n) is 2.67. The average Bonchev–Trinajstić information content (AvgIpc) is 2.03. The van der Waals surface area contributed by atoms with Crippen molar-refractivity contribution in [1.82, 2.24) is 5.32 Å². The fourth-order valence-corrected chi connectivity index (χ4v) is 0.543. The molecule has 0 rings (SSSR count). The summed E-state index contributed by atoms with van der Waals surface area (Å²) in [6.07, 6.45) is 8.64. The summed E-state index contributed by atoms with van der Waals surface area (Å²) in [6.45, 7) is 11.6. The molecule has 0 atom stereocenters. The first-order chi connectivity index (χ1) is 5.66. The molecule has 0 amide bonds. The molecule has 0 radical (unpaired) electrons. The van der Waals surface area contributed by atoms with Crippen LogP contribution in [0.25, 0.3) is 0 Å². The van der Waals surface area contributed by atoms with Crippen molar-refractivity contribution in [3.05, 3.63) is 48.9 Å². The van der Waals surface area contributed by atoms with Crippen molar-refractivity contribution < 1.29 is 0 Å². The van der Waals surface area contributed by atoms with E-state index >= 15 is 0 Å². The van der Waals surface area contributed by atoms with E-state index in [-0.39, 0.29) is 0 Å². The van der Waals surface area contributed by atoms with Crippen molar-refractivity contribution in [3.8, 4) is 0 Å². The normalized spacial score (nSPS) is 10.8. The summed E-state index contributed by atoms with van der Waals surface area (Å²) in [7, 11) is 0. The smallest absolute Gasteiger partial charge is 0.00706 e. The number of hydrogen-bond acceptors (Lipinski definition) is 1. The molecule has 0 fully saturated rings. The summed E-state index contributed by atoms with van der Waals surface area (Å²) < 4.78 is 0. The van der Waals surface area contributed by atoms with Crippen LogP contribution in [0.5, 0.6) is 0 Å². The van der Waals surface area contributed by atoms with Crippen LogP contribution in [0.1, 0.15) is 20.3 Å². The lowest BCUT2D eigenvalue weighted by atomic mass is 10.3. The standard InChI is InChI=1S/C11H17N/c1-5-11(4)12-9-7-6-8-10(2)3/h6-9,12H,2,4-5H2,1,3H3/b8-6-,9-7+. The molecule has 0 aliphatic heterocycles. The molecule has 1 heteroatoms. The van der Waals surface area contributed by atoms with Gasteiger partial charge in [-0.3, -0.25) is 0 Å². The van der Waals surface area contributed by atoms with Gasteiger partial charge in [0.2, 0.25) is 0 Å². The van der Waals surface area contributed by atoms with Gasteiger partial charge in [0.25, 0.3) is 0 Å². The number of nitrogens with one attached hydrogen (secondary N) is 1. The predicted octanol–water partition coefficient (Wildman–Crippen LogP) is 3.15. The molecule has 0 aromatic carbocycles. The molecule has 0 spiro atoms. The Morgan fingerprint density at radius 2 is 2.00 bits per heavy atom. The second kappa shape index (κ2) is 6.47. The molecule has 0 aromatic heterocycles. The third-order valence-corrected chi connectivity index (χ3v) is 1.30. The van der Waals surface area contributed by atoms with Gasteiger partial charge in [-0.25, -0.2) is 0 Å².